The molecule has 4 nitrogen and oxygen atoms in total. The van der Waals surface area contributed by atoms with E-state index >= 15 is 0 Å². The molecule has 1 aromatic rings. The largest absolute Gasteiger partial charge is 0.496 e. The number of benzene rings is 1. The SMILES string of the molecule is CCC(C)NS(=O)(=O)c1ccc(OC)c(Br)c1. The van der Waals surface area contributed by atoms with E-state index in [0.717, 1.165) is 6.42 Å². The zero-order valence-electron chi connectivity index (χ0n) is 10.0. The number of halogens is 1. The average molecular weight is 322 g/mol. The second kappa shape index (κ2) is 5.84. The van der Waals surface area contributed by atoms with Crippen LogP contribution >= 0.6 is 15.9 Å². The molecule has 0 aliphatic carbocycles. The normalized spacial score (nSPS) is 13.4. The number of hydrogen-bond donors (Lipinski definition) is 1. The van der Waals surface area contributed by atoms with Crippen LogP contribution in [0.2, 0.25) is 0 Å². The molecule has 0 aromatic heterocycles. The van der Waals surface area contributed by atoms with Crippen LogP contribution in [-0.4, -0.2) is 21.6 Å². The summed E-state index contributed by atoms with van der Waals surface area (Å²) in [5.74, 6) is 0.604. The first-order valence-corrected chi connectivity index (χ1v) is 7.54. The molecule has 1 aromatic carbocycles. The molecule has 0 aliphatic heterocycles. The van der Waals surface area contributed by atoms with Crippen LogP contribution in [0.1, 0.15) is 20.3 Å². The Morgan fingerprint density at radius 2 is 2.12 bits per heavy atom. The second-order valence-electron chi connectivity index (χ2n) is 3.73. The van der Waals surface area contributed by atoms with Gasteiger partial charge in [0.05, 0.1) is 16.5 Å². The van der Waals surface area contributed by atoms with Gasteiger partial charge in [-0.3, -0.25) is 0 Å². The molecule has 0 bridgehead atoms. The van der Waals surface area contributed by atoms with E-state index in [2.05, 4.69) is 20.7 Å². The molecule has 96 valence electrons. The second-order valence-corrected chi connectivity index (χ2v) is 6.30. The summed E-state index contributed by atoms with van der Waals surface area (Å²) in [6, 6.07) is 4.59. The van der Waals surface area contributed by atoms with Gasteiger partial charge >= 0.3 is 0 Å². The van der Waals surface area contributed by atoms with Gasteiger partial charge < -0.3 is 4.74 Å². The Morgan fingerprint density at radius 3 is 2.59 bits per heavy atom. The molecule has 1 N–H and O–H groups in total. The molecule has 0 heterocycles. The molecule has 1 atom stereocenters. The van der Waals surface area contributed by atoms with Crippen molar-refractivity contribution < 1.29 is 13.2 Å². The van der Waals surface area contributed by atoms with Crippen molar-refractivity contribution in [2.24, 2.45) is 0 Å². The van der Waals surface area contributed by atoms with Gasteiger partial charge in [-0.25, -0.2) is 13.1 Å². The standard InChI is InChI=1S/C11H16BrNO3S/c1-4-8(2)13-17(14,15)9-5-6-11(16-3)10(12)7-9/h5-8,13H,4H2,1-3H3. The first-order valence-electron chi connectivity index (χ1n) is 5.26. The van der Waals surface area contributed by atoms with E-state index in [1.807, 2.05) is 13.8 Å². The maximum absolute atomic E-state index is 12.0. The highest BCUT2D eigenvalue weighted by Gasteiger charge is 2.17. The summed E-state index contributed by atoms with van der Waals surface area (Å²) < 4.78 is 32.2. The summed E-state index contributed by atoms with van der Waals surface area (Å²) in [6.45, 7) is 3.76. The Hall–Kier alpha value is -0.590. The zero-order chi connectivity index (χ0) is 13.1. The molecule has 0 amide bonds. The smallest absolute Gasteiger partial charge is 0.240 e. The first kappa shape index (κ1) is 14.5. The molecule has 0 radical (unpaired) electrons. The number of nitrogens with one attached hydrogen (secondary N) is 1. The van der Waals surface area contributed by atoms with Crippen LogP contribution in [0.25, 0.3) is 0 Å². The van der Waals surface area contributed by atoms with Crippen molar-refractivity contribution in [3.05, 3.63) is 22.7 Å². The van der Waals surface area contributed by atoms with Gasteiger partial charge in [0.15, 0.2) is 0 Å². The van der Waals surface area contributed by atoms with Crippen LogP contribution in [0.3, 0.4) is 0 Å². The van der Waals surface area contributed by atoms with E-state index in [4.69, 9.17) is 4.74 Å². The summed E-state index contributed by atoms with van der Waals surface area (Å²) in [4.78, 5) is 0.227. The summed E-state index contributed by atoms with van der Waals surface area (Å²) in [6.07, 6.45) is 0.747. The van der Waals surface area contributed by atoms with Gasteiger partial charge in [-0.15, -0.1) is 0 Å². The molecule has 0 spiro atoms. The van der Waals surface area contributed by atoms with Crippen LogP contribution < -0.4 is 9.46 Å². The lowest BCUT2D eigenvalue weighted by molar-refractivity contribution is 0.411. The van der Waals surface area contributed by atoms with Crippen molar-refractivity contribution >= 4 is 26.0 Å². The summed E-state index contributed by atoms with van der Waals surface area (Å²) in [5.41, 5.74) is 0. The average Bonchev–Trinajstić information content (AvgIpc) is 2.28. The number of methoxy groups -OCH3 is 1. The predicted octanol–water partition coefficient (Wildman–Crippen LogP) is 2.53. The number of hydrogen-bond acceptors (Lipinski definition) is 3. The Morgan fingerprint density at radius 1 is 1.47 bits per heavy atom. The van der Waals surface area contributed by atoms with E-state index in [9.17, 15) is 8.42 Å². The quantitative estimate of drug-likeness (QED) is 0.906. The van der Waals surface area contributed by atoms with E-state index in [1.54, 1.807) is 6.07 Å². The van der Waals surface area contributed by atoms with Gasteiger partial charge in [0, 0.05) is 6.04 Å². The molecular formula is C11H16BrNO3S. The van der Waals surface area contributed by atoms with Crippen molar-refractivity contribution in [1.29, 1.82) is 0 Å². The molecule has 0 saturated heterocycles. The number of ether oxygens (including phenoxy) is 1. The third kappa shape index (κ3) is 3.69. The fraction of sp³-hybridized carbons (Fsp3) is 0.455. The molecule has 0 fully saturated rings. The van der Waals surface area contributed by atoms with Crippen LogP contribution in [-0.2, 0) is 10.0 Å². The van der Waals surface area contributed by atoms with Crippen LogP contribution in [0.15, 0.2) is 27.6 Å². The van der Waals surface area contributed by atoms with Gasteiger partial charge in [0.2, 0.25) is 10.0 Å². The minimum Gasteiger partial charge on any atom is -0.496 e. The van der Waals surface area contributed by atoms with Gasteiger partial charge in [0.25, 0.3) is 0 Å². The molecule has 0 aliphatic rings. The van der Waals surface area contributed by atoms with Crippen molar-refractivity contribution in [2.45, 2.75) is 31.2 Å². The van der Waals surface area contributed by atoms with Gasteiger partial charge in [-0.05, 0) is 47.5 Å². The van der Waals surface area contributed by atoms with E-state index < -0.39 is 10.0 Å². The molecule has 1 unspecified atom stereocenters. The van der Waals surface area contributed by atoms with Crippen molar-refractivity contribution in [1.82, 2.24) is 4.72 Å². The minimum atomic E-state index is -3.45. The lowest BCUT2D eigenvalue weighted by Gasteiger charge is -2.13. The van der Waals surface area contributed by atoms with E-state index in [1.165, 1.54) is 19.2 Å². The summed E-state index contributed by atoms with van der Waals surface area (Å²) in [7, 11) is -1.92. The van der Waals surface area contributed by atoms with Gasteiger partial charge in [0.1, 0.15) is 5.75 Å². The van der Waals surface area contributed by atoms with Crippen molar-refractivity contribution in [3.63, 3.8) is 0 Å². The minimum absolute atomic E-state index is 0.0825. The monoisotopic (exact) mass is 321 g/mol. The van der Waals surface area contributed by atoms with Crippen molar-refractivity contribution in [2.75, 3.05) is 7.11 Å². The molecule has 17 heavy (non-hydrogen) atoms. The van der Waals surface area contributed by atoms with Gasteiger partial charge in [-0.2, -0.15) is 0 Å². The Bertz CT molecular complexity index is 487. The molecule has 0 saturated carbocycles. The van der Waals surface area contributed by atoms with E-state index in [-0.39, 0.29) is 10.9 Å². The van der Waals surface area contributed by atoms with Crippen LogP contribution in [0.4, 0.5) is 0 Å². The topological polar surface area (TPSA) is 55.4 Å². The molecular weight excluding hydrogens is 306 g/mol. The van der Waals surface area contributed by atoms with Crippen molar-refractivity contribution in [3.8, 4) is 5.75 Å². The lowest BCUT2D eigenvalue weighted by Crippen LogP contribution is -2.31. The zero-order valence-corrected chi connectivity index (χ0v) is 12.4. The van der Waals surface area contributed by atoms with Gasteiger partial charge in [-0.1, -0.05) is 6.92 Å². The third-order valence-electron chi connectivity index (χ3n) is 2.40. The molecule has 1 rings (SSSR count). The van der Waals surface area contributed by atoms with Crippen LogP contribution in [0.5, 0.6) is 5.75 Å². The van der Waals surface area contributed by atoms with Crippen LogP contribution in [0, 0.1) is 0 Å². The fourth-order valence-electron chi connectivity index (χ4n) is 1.23. The lowest BCUT2D eigenvalue weighted by atomic mass is 10.3. The fourth-order valence-corrected chi connectivity index (χ4v) is 3.28. The Kier molecular flexibility index (Phi) is 4.97. The van der Waals surface area contributed by atoms with E-state index in [0.29, 0.717) is 10.2 Å². The number of sulfonamides is 1. The Labute approximate surface area is 111 Å². The maximum Gasteiger partial charge on any atom is 0.240 e. The first-order chi connectivity index (χ1) is 7.90. The predicted molar refractivity (Wildman–Crippen MR) is 70.8 cm³/mol. The Balaban J connectivity index is 3.04. The molecule has 6 heteroatoms. The number of rotatable bonds is 5. The summed E-state index contributed by atoms with van der Waals surface area (Å²) >= 11 is 3.27. The highest BCUT2D eigenvalue weighted by atomic mass is 79.9. The third-order valence-corrected chi connectivity index (χ3v) is 4.61. The summed E-state index contributed by atoms with van der Waals surface area (Å²) in [5, 5.41) is 0. The maximum atomic E-state index is 12.0. The highest BCUT2D eigenvalue weighted by Crippen LogP contribution is 2.27. The highest BCUT2D eigenvalue weighted by molar-refractivity contribution is 9.10.